The van der Waals surface area contributed by atoms with E-state index in [2.05, 4.69) is 15.1 Å². The van der Waals surface area contributed by atoms with Gasteiger partial charge in [0, 0.05) is 25.2 Å². The molecule has 0 saturated carbocycles. The van der Waals surface area contributed by atoms with Gasteiger partial charge in [-0.05, 0) is 33.6 Å². The summed E-state index contributed by atoms with van der Waals surface area (Å²) in [6.07, 6.45) is 1.99. The fourth-order valence-corrected chi connectivity index (χ4v) is 3.70. The Labute approximate surface area is 182 Å². The summed E-state index contributed by atoms with van der Waals surface area (Å²) in [4.78, 5) is 22.1. The lowest BCUT2D eigenvalue weighted by Gasteiger charge is -2.32. The average Bonchev–Trinajstić information content (AvgIpc) is 3.09. The Morgan fingerprint density at radius 1 is 1.09 bits per heavy atom. The summed E-state index contributed by atoms with van der Waals surface area (Å²) in [5.41, 5.74) is 1.01. The average molecular weight is 449 g/mol. The highest BCUT2D eigenvalue weighted by Gasteiger charge is 2.28. The molecule has 170 valence electrons. The van der Waals surface area contributed by atoms with Crippen molar-refractivity contribution in [3.63, 3.8) is 0 Å². The molecule has 1 fully saturated rings. The number of fused-ring (bicyclic) bond motifs is 1. The summed E-state index contributed by atoms with van der Waals surface area (Å²) in [7, 11) is 0. The maximum Gasteiger partial charge on any atom is 0.410 e. The Kier molecular flexibility index (Phi) is 5.90. The number of aromatic nitrogens is 4. The molecule has 0 bridgehead atoms. The lowest BCUT2D eigenvalue weighted by Crippen LogP contribution is -2.40. The standard InChI is InChI=1S/C21H22F3N5O3/c1-11(2)31-21(30)28-6-4-13(5-7-28)29-19-18(12(3)27-29)20(26-10-25-19)32-17-9-15(23)14(22)8-16(17)24/h8-11,13H,4-7H2,1-3H3. The molecule has 0 unspecified atom stereocenters. The third-order valence-electron chi connectivity index (χ3n) is 5.22. The SMILES string of the molecule is Cc1nn(C2CCN(C(=O)OC(C)C)CC2)c2ncnc(Oc3cc(F)c(F)cc3F)c12. The summed E-state index contributed by atoms with van der Waals surface area (Å²) in [6, 6.07) is 1.01. The van der Waals surface area contributed by atoms with E-state index in [-0.39, 0.29) is 24.1 Å². The Balaban J connectivity index is 1.59. The summed E-state index contributed by atoms with van der Waals surface area (Å²) in [5, 5.41) is 5.00. The predicted molar refractivity (Wildman–Crippen MR) is 108 cm³/mol. The maximum atomic E-state index is 14.1. The second-order valence-corrected chi connectivity index (χ2v) is 7.86. The number of halogens is 3. The highest BCUT2D eigenvalue weighted by atomic mass is 19.2. The minimum Gasteiger partial charge on any atom is -0.447 e. The van der Waals surface area contributed by atoms with Crippen LogP contribution in [0.2, 0.25) is 0 Å². The highest BCUT2D eigenvalue weighted by molar-refractivity contribution is 5.83. The van der Waals surface area contributed by atoms with Crippen LogP contribution >= 0.6 is 0 Å². The number of hydrogen-bond acceptors (Lipinski definition) is 6. The fraction of sp³-hybridized carbons (Fsp3) is 0.429. The fourth-order valence-electron chi connectivity index (χ4n) is 3.70. The van der Waals surface area contributed by atoms with Crippen molar-refractivity contribution in [2.75, 3.05) is 13.1 Å². The summed E-state index contributed by atoms with van der Waals surface area (Å²) < 4.78 is 53.3. The van der Waals surface area contributed by atoms with E-state index < -0.39 is 23.2 Å². The topological polar surface area (TPSA) is 82.4 Å². The zero-order valence-corrected chi connectivity index (χ0v) is 17.8. The Hall–Kier alpha value is -3.37. The smallest absolute Gasteiger partial charge is 0.410 e. The molecule has 32 heavy (non-hydrogen) atoms. The van der Waals surface area contributed by atoms with Crippen LogP contribution in [0.5, 0.6) is 11.6 Å². The number of nitrogens with zero attached hydrogens (tertiary/aromatic N) is 5. The van der Waals surface area contributed by atoms with E-state index in [1.54, 1.807) is 30.4 Å². The van der Waals surface area contributed by atoms with Crippen LogP contribution in [0, 0.1) is 24.4 Å². The first-order valence-corrected chi connectivity index (χ1v) is 10.2. The second-order valence-electron chi connectivity index (χ2n) is 7.86. The number of rotatable bonds is 4. The van der Waals surface area contributed by atoms with Gasteiger partial charge in [0.25, 0.3) is 0 Å². The normalized spacial score (nSPS) is 14.9. The van der Waals surface area contributed by atoms with Gasteiger partial charge in [-0.1, -0.05) is 0 Å². The molecular formula is C21H22F3N5O3. The van der Waals surface area contributed by atoms with Crippen molar-refractivity contribution in [2.45, 2.75) is 45.8 Å². The molecule has 1 saturated heterocycles. The molecule has 1 amide bonds. The first-order valence-electron chi connectivity index (χ1n) is 10.2. The van der Waals surface area contributed by atoms with Crippen molar-refractivity contribution in [3.05, 3.63) is 41.6 Å². The van der Waals surface area contributed by atoms with Crippen LogP contribution in [0.15, 0.2) is 18.5 Å². The molecule has 0 N–H and O–H groups in total. The first-order chi connectivity index (χ1) is 15.2. The van der Waals surface area contributed by atoms with Gasteiger partial charge < -0.3 is 14.4 Å². The summed E-state index contributed by atoms with van der Waals surface area (Å²) >= 11 is 0. The van der Waals surface area contributed by atoms with Crippen LogP contribution in [-0.2, 0) is 4.74 Å². The van der Waals surface area contributed by atoms with E-state index in [9.17, 15) is 18.0 Å². The molecule has 1 aliphatic rings. The minimum absolute atomic E-state index is 0.0124. The molecule has 2 aromatic heterocycles. The number of likely N-dealkylation sites (tertiary alicyclic amines) is 1. The number of aryl methyl sites for hydroxylation is 1. The predicted octanol–water partition coefficient (Wildman–Crippen LogP) is 4.53. The van der Waals surface area contributed by atoms with Crippen molar-refractivity contribution in [1.29, 1.82) is 0 Å². The molecule has 1 aliphatic heterocycles. The van der Waals surface area contributed by atoms with Gasteiger partial charge in [-0.15, -0.1) is 0 Å². The van der Waals surface area contributed by atoms with E-state index in [4.69, 9.17) is 9.47 Å². The molecule has 1 aromatic carbocycles. The van der Waals surface area contributed by atoms with Crippen LogP contribution < -0.4 is 4.74 Å². The number of carbonyl (C=O) groups is 1. The number of piperidine rings is 1. The van der Waals surface area contributed by atoms with E-state index in [1.165, 1.54) is 6.33 Å². The number of benzene rings is 1. The Morgan fingerprint density at radius 3 is 2.47 bits per heavy atom. The van der Waals surface area contributed by atoms with E-state index in [0.717, 1.165) is 0 Å². The first kappa shape index (κ1) is 21.8. The number of carbonyl (C=O) groups excluding carboxylic acids is 1. The van der Waals surface area contributed by atoms with Crippen LogP contribution in [0.4, 0.5) is 18.0 Å². The van der Waals surface area contributed by atoms with Gasteiger partial charge in [0.2, 0.25) is 5.88 Å². The van der Waals surface area contributed by atoms with E-state index in [0.29, 0.717) is 54.8 Å². The molecule has 0 aliphatic carbocycles. The Morgan fingerprint density at radius 2 is 1.78 bits per heavy atom. The maximum absolute atomic E-state index is 14.1. The zero-order chi connectivity index (χ0) is 23.0. The lowest BCUT2D eigenvalue weighted by molar-refractivity contribution is 0.0655. The molecule has 3 heterocycles. The van der Waals surface area contributed by atoms with Crippen LogP contribution in [0.3, 0.4) is 0 Å². The molecule has 8 nitrogen and oxygen atoms in total. The van der Waals surface area contributed by atoms with Gasteiger partial charge in [-0.2, -0.15) is 5.10 Å². The van der Waals surface area contributed by atoms with Gasteiger partial charge in [0.05, 0.1) is 17.8 Å². The number of hydrogen-bond donors (Lipinski definition) is 0. The van der Waals surface area contributed by atoms with Crippen molar-refractivity contribution in [3.8, 4) is 11.6 Å². The van der Waals surface area contributed by atoms with Gasteiger partial charge in [-0.3, -0.25) is 0 Å². The molecule has 0 radical (unpaired) electrons. The Bertz CT molecular complexity index is 1160. The molecule has 3 aromatic rings. The third kappa shape index (κ3) is 4.19. The van der Waals surface area contributed by atoms with Crippen molar-refractivity contribution in [2.24, 2.45) is 0 Å². The largest absolute Gasteiger partial charge is 0.447 e. The second kappa shape index (κ2) is 8.64. The van der Waals surface area contributed by atoms with E-state index >= 15 is 0 Å². The zero-order valence-electron chi connectivity index (χ0n) is 17.8. The van der Waals surface area contributed by atoms with E-state index in [1.807, 2.05) is 0 Å². The molecule has 0 spiro atoms. The van der Waals surface area contributed by atoms with Crippen molar-refractivity contribution in [1.82, 2.24) is 24.6 Å². The van der Waals surface area contributed by atoms with Crippen molar-refractivity contribution >= 4 is 17.1 Å². The summed E-state index contributed by atoms with van der Waals surface area (Å²) in [5.74, 6) is -4.10. The highest BCUT2D eigenvalue weighted by Crippen LogP contribution is 2.34. The van der Waals surface area contributed by atoms with Gasteiger partial charge >= 0.3 is 6.09 Å². The number of amides is 1. The van der Waals surface area contributed by atoms with Crippen molar-refractivity contribution < 1.29 is 27.4 Å². The van der Waals surface area contributed by atoms with Gasteiger partial charge in [0.15, 0.2) is 28.8 Å². The third-order valence-corrected chi connectivity index (χ3v) is 5.22. The molecule has 0 atom stereocenters. The van der Waals surface area contributed by atoms with Gasteiger partial charge in [0.1, 0.15) is 11.7 Å². The molecular weight excluding hydrogens is 427 g/mol. The molecule has 4 rings (SSSR count). The van der Waals surface area contributed by atoms with Crippen LogP contribution in [-0.4, -0.2) is 49.9 Å². The minimum atomic E-state index is -1.31. The quantitative estimate of drug-likeness (QED) is 0.545. The molecule has 11 heteroatoms. The van der Waals surface area contributed by atoms with Crippen LogP contribution in [0.25, 0.3) is 11.0 Å². The summed E-state index contributed by atoms with van der Waals surface area (Å²) in [6.45, 7) is 6.34. The number of ether oxygens (including phenoxy) is 2. The monoisotopic (exact) mass is 449 g/mol. The lowest BCUT2D eigenvalue weighted by atomic mass is 10.1. The van der Waals surface area contributed by atoms with Crippen LogP contribution in [0.1, 0.15) is 38.4 Å². The van der Waals surface area contributed by atoms with Gasteiger partial charge in [-0.25, -0.2) is 32.6 Å².